The maximum Gasteiger partial charge on any atom is 0.300 e. The Morgan fingerprint density at radius 1 is 1.38 bits per heavy atom. The number of nitro benzene ring substituents is 1. The Labute approximate surface area is 126 Å². The van der Waals surface area contributed by atoms with Crippen molar-refractivity contribution in [2.75, 3.05) is 32.7 Å². The summed E-state index contributed by atoms with van der Waals surface area (Å²) in [7, 11) is 0. The van der Waals surface area contributed by atoms with Crippen molar-refractivity contribution < 1.29 is 9.72 Å². The van der Waals surface area contributed by atoms with Crippen LogP contribution in [0.2, 0.25) is 5.02 Å². The van der Waals surface area contributed by atoms with Crippen molar-refractivity contribution in [2.24, 2.45) is 0 Å². The average Bonchev–Trinajstić information content (AvgIpc) is 2.47. The third-order valence-electron chi connectivity index (χ3n) is 3.35. The molecule has 2 rings (SSSR count). The number of rotatable bonds is 3. The van der Waals surface area contributed by atoms with Gasteiger partial charge in [0.25, 0.3) is 5.91 Å². The first-order valence-corrected chi connectivity index (χ1v) is 6.74. The fourth-order valence-corrected chi connectivity index (χ4v) is 2.50. The van der Waals surface area contributed by atoms with Crippen LogP contribution in [0.5, 0.6) is 0 Å². The van der Waals surface area contributed by atoms with Gasteiger partial charge in [0.1, 0.15) is 10.6 Å². The molecule has 1 fully saturated rings. The van der Waals surface area contributed by atoms with Gasteiger partial charge in [-0.2, -0.15) is 5.26 Å². The minimum absolute atomic E-state index is 0.00114. The monoisotopic (exact) mass is 308 g/mol. The van der Waals surface area contributed by atoms with Crippen LogP contribution in [0.1, 0.15) is 10.4 Å². The number of hydrogen-bond donors (Lipinski definition) is 0. The van der Waals surface area contributed by atoms with E-state index in [0.29, 0.717) is 32.7 Å². The minimum atomic E-state index is -0.637. The SMILES string of the molecule is N#CCN1CCN(C(=O)c2cccc(Cl)c2[N+](=O)[O-])CC1. The van der Waals surface area contributed by atoms with Gasteiger partial charge in [-0.05, 0) is 12.1 Å². The molecule has 110 valence electrons. The number of benzene rings is 1. The van der Waals surface area contributed by atoms with Crippen LogP contribution in [-0.4, -0.2) is 53.4 Å². The lowest BCUT2D eigenvalue weighted by molar-refractivity contribution is -0.385. The van der Waals surface area contributed by atoms with Crippen LogP contribution in [0.25, 0.3) is 0 Å². The smallest absolute Gasteiger partial charge is 0.300 e. The molecule has 7 nitrogen and oxygen atoms in total. The van der Waals surface area contributed by atoms with Gasteiger partial charge in [-0.3, -0.25) is 19.8 Å². The van der Waals surface area contributed by atoms with Crippen molar-refractivity contribution in [3.63, 3.8) is 0 Å². The summed E-state index contributed by atoms with van der Waals surface area (Å²) in [5.74, 6) is -0.402. The average molecular weight is 309 g/mol. The molecule has 0 saturated carbocycles. The summed E-state index contributed by atoms with van der Waals surface area (Å²) in [5, 5.41) is 19.7. The predicted molar refractivity (Wildman–Crippen MR) is 76.1 cm³/mol. The first kappa shape index (κ1) is 15.2. The highest BCUT2D eigenvalue weighted by atomic mass is 35.5. The lowest BCUT2D eigenvalue weighted by atomic mass is 10.1. The van der Waals surface area contributed by atoms with E-state index in [1.165, 1.54) is 18.2 Å². The molecule has 1 saturated heterocycles. The summed E-state index contributed by atoms with van der Waals surface area (Å²) in [6, 6.07) is 6.38. The first-order valence-electron chi connectivity index (χ1n) is 6.36. The zero-order valence-corrected chi connectivity index (χ0v) is 11.9. The van der Waals surface area contributed by atoms with Crippen LogP contribution >= 0.6 is 11.6 Å². The van der Waals surface area contributed by atoms with Crippen molar-refractivity contribution in [1.82, 2.24) is 9.80 Å². The lowest BCUT2D eigenvalue weighted by Crippen LogP contribution is -2.48. The molecule has 0 radical (unpaired) electrons. The molecule has 1 aromatic rings. The Morgan fingerprint density at radius 2 is 2.05 bits per heavy atom. The first-order chi connectivity index (χ1) is 10.0. The number of carbonyl (C=O) groups is 1. The van der Waals surface area contributed by atoms with Crippen LogP contribution in [0.15, 0.2) is 18.2 Å². The number of nitrogens with zero attached hydrogens (tertiary/aromatic N) is 4. The zero-order valence-electron chi connectivity index (χ0n) is 11.2. The molecule has 8 heteroatoms. The van der Waals surface area contributed by atoms with Crippen molar-refractivity contribution in [1.29, 1.82) is 5.26 Å². The lowest BCUT2D eigenvalue weighted by Gasteiger charge is -2.33. The number of halogens is 1. The van der Waals surface area contributed by atoms with Gasteiger partial charge in [-0.1, -0.05) is 17.7 Å². The molecule has 0 atom stereocenters. The number of nitriles is 1. The predicted octanol–water partition coefficient (Wildman–Crippen LogP) is 1.53. The molecule has 21 heavy (non-hydrogen) atoms. The van der Waals surface area contributed by atoms with Crippen molar-refractivity contribution in [3.05, 3.63) is 38.9 Å². The van der Waals surface area contributed by atoms with E-state index in [2.05, 4.69) is 6.07 Å². The summed E-state index contributed by atoms with van der Waals surface area (Å²) in [6.07, 6.45) is 0. The van der Waals surface area contributed by atoms with E-state index in [1.807, 2.05) is 4.90 Å². The van der Waals surface area contributed by atoms with Gasteiger partial charge in [0.15, 0.2) is 0 Å². The number of hydrogen-bond acceptors (Lipinski definition) is 5. The molecule has 0 spiro atoms. The topological polar surface area (TPSA) is 90.5 Å². The number of amides is 1. The normalized spacial score (nSPS) is 15.5. The van der Waals surface area contributed by atoms with E-state index in [9.17, 15) is 14.9 Å². The standard InChI is InChI=1S/C13H13ClN4O3/c14-11-3-1-2-10(12(11)18(20)21)13(19)17-8-6-16(5-4-15)7-9-17/h1-3H,5-9H2. The van der Waals surface area contributed by atoms with Crippen LogP contribution in [0.3, 0.4) is 0 Å². The largest absolute Gasteiger partial charge is 0.336 e. The van der Waals surface area contributed by atoms with Crippen LogP contribution in [0.4, 0.5) is 5.69 Å². The molecule has 1 aliphatic rings. The molecule has 1 heterocycles. The number of nitro groups is 1. The summed E-state index contributed by atoms with van der Waals surface area (Å²) in [5.41, 5.74) is -0.357. The molecule has 0 aliphatic carbocycles. The maximum atomic E-state index is 12.4. The van der Waals surface area contributed by atoms with Gasteiger partial charge >= 0.3 is 5.69 Å². The minimum Gasteiger partial charge on any atom is -0.336 e. The van der Waals surface area contributed by atoms with E-state index in [-0.39, 0.29) is 16.3 Å². The molecule has 0 N–H and O–H groups in total. The highest BCUT2D eigenvalue weighted by Crippen LogP contribution is 2.29. The second-order valence-corrected chi connectivity index (χ2v) is 5.03. The quantitative estimate of drug-likeness (QED) is 0.480. The van der Waals surface area contributed by atoms with Gasteiger partial charge in [0.2, 0.25) is 0 Å². The Hall–Kier alpha value is -2.17. The zero-order chi connectivity index (χ0) is 15.4. The van der Waals surface area contributed by atoms with E-state index < -0.39 is 10.8 Å². The molecule has 1 aliphatic heterocycles. The second kappa shape index (κ2) is 6.52. The third kappa shape index (κ3) is 3.29. The molecule has 0 aromatic heterocycles. The van der Waals surface area contributed by atoms with Crippen molar-refractivity contribution in [3.8, 4) is 6.07 Å². The summed E-state index contributed by atoms with van der Waals surface area (Å²) in [4.78, 5) is 26.3. The summed E-state index contributed by atoms with van der Waals surface area (Å²) in [6.45, 7) is 2.34. The van der Waals surface area contributed by atoms with Crippen molar-refractivity contribution >= 4 is 23.2 Å². The van der Waals surface area contributed by atoms with Gasteiger partial charge in [-0.25, -0.2) is 0 Å². The van der Waals surface area contributed by atoms with Crippen LogP contribution in [0, 0.1) is 21.4 Å². The van der Waals surface area contributed by atoms with Gasteiger partial charge < -0.3 is 4.90 Å². The molecule has 0 bridgehead atoms. The number of para-hydroxylation sites is 1. The van der Waals surface area contributed by atoms with Crippen molar-refractivity contribution in [2.45, 2.75) is 0 Å². The van der Waals surface area contributed by atoms with Gasteiger partial charge in [0, 0.05) is 26.2 Å². The second-order valence-electron chi connectivity index (χ2n) is 4.62. The van der Waals surface area contributed by atoms with E-state index >= 15 is 0 Å². The molecule has 1 aromatic carbocycles. The van der Waals surface area contributed by atoms with E-state index in [0.717, 1.165) is 0 Å². The Bertz CT molecular complexity index is 606. The highest BCUT2D eigenvalue weighted by molar-refractivity contribution is 6.33. The molecular formula is C13H13ClN4O3. The van der Waals surface area contributed by atoms with Gasteiger partial charge in [-0.15, -0.1) is 0 Å². The molecule has 0 unspecified atom stereocenters. The molecular weight excluding hydrogens is 296 g/mol. The van der Waals surface area contributed by atoms with E-state index in [1.54, 1.807) is 4.90 Å². The van der Waals surface area contributed by atoms with Crippen LogP contribution < -0.4 is 0 Å². The highest BCUT2D eigenvalue weighted by Gasteiger charge is 2.29. The third-order valence-corrected chi connectivity index (χ3v) is 3.66. The van der Waals surface area contributed by atoms with Gasteiger partial charge in [0.05, 0.1) is 17.5 Å². The summed E-state index contributed by atoms with van der Waals surface area (Å²) < 4.78 is 0. The fraction of sp³-hybridized carbons (Fsp3) is 0.385. The van der Waals surface area contributed by atoms with E-state index in [4.69, 9.17) is 16.9 Å². The Balaban J connectivity index is 2.17. The molecule has 1 amide bonds. The fourth-order valence-electron chi connectivity index (χ4n) is 2.25. The van der Waals surface area contributed by atoms with Crippen LogP contribution in [-0.2, 0) is 0 Å². The number of piperazine rings is 1. The Morgan fingerprint density at radius 3 is 2.62 bits per heavy atom. The Kier molecular flexibility index (Phi) is 4.73. The summed E-state index contributed by atoms with van der Waals surface area (Å²) >= 11 is 5.82. The maximum absolute atomic E-state index is 12.4. The number of carbonyl (C=O) groups excluding carboxylic acids is 1.